The lowest BCUT2D eigenvalue weighted by Crippen LogP contribution is -2.40. The Hall–Kier alpha value is -1.94. The molecule has 0 saturated heterocycles. The maximum atomic E-state index is 12.2. The number of benzene rings is 1. The highest BCUT2D eigenvalue weighted by molar-refractivity contribution is 5.95. The topological polar surface area (TPSA) is 68.0 Å². The van der Waals surface area contributed by atoms with Crippen molar-refractivity contribution in [3.8, 4) is 0 Å². The summed E-state index contributed by atoms with van der Waals surface area (Å²) in [6, 6.07) is 11.5. The van der Waals surface area contributed by atoms with Crippen molar-refractivity contribution in [1.29, 1.82) is 0 Å². The molecule has 0 fully saturated rings. The molecule has 4 heteroatoms. The van der Waals surface area contributed by atoms with Crippen molar-refractivity contribution >= 4 is 16.8 Å². The van der Waals surface area contributed by atoms with E-state index in [0.717, 1.165) is 30.2 Å². The summed E-state index contributed by atoms with van der Waals surface area (Å²) < 4.78 is 0. The molecular weight excluding hydrogens is 250 g/mol. The van der Waals surface area contributed by atoms with Gasteiger partial charge in [0.05, 0.1) is 5.52 Å². The molecule has 0 aliphatic rings. The normalized spacial score (nSPS) is 12.3. The number of pyridine rings is 1. The van der Waals surface area contributed by atoms with Crippen LogP contribution < -0.4 is 11.1 Å². The molecule has 1 aromatic carbocycles. The van der Waals surface area contributed by atoms with Gasteiger partial charge in [-0.05, 0) is 18.6 Å². The summed E-state index contributed by atoms with van der Waals surface area (Å²) >= 11 is 0. The number of amides is 1. The fraction of sp³-hybridized carbons (Fsp3) is 0.375. The van der Waals surface area contributed by atoms with Crippen molar-refractivity contribution < 1.29 is 4.79 Å². The van der Waals surface area contributed by atoms with E-state index >= 15 is 0 Å². The van der Waals surface area contributed by atoms with E-state index in [1.165, 1.54) is 0 Å². The summed E-state index contributed by atoms with van der Waals surface area (Å²) in [5.41, 5.74) is 6.97. The smallest absolute Gasteiger partial charge is 0.270 e. The Labute approximate surface area is 119 Å². The second-order valence-electron chi connectivity index (χ2n) is 4.94. The van der Waals surface area contributed by atoms with Crippen LogP contribution >= 0.6 is 0 Å². The number of para-hydroxylation sites is 1. The molecule has 0 aliphatic heterocycles. The minimum absolute atomic E-state index is 0.0238. The van der Waals surface area contributed by atoms with Crippen LogP contribution in [0.1, 0.15) is 36.7 Å². The highest BCUT2D eigenvalue weighted by Crippen LogP contribution is 2.12. The number of carbonyl (C=O) groups excluding carboxylic acids is 1. The minimum atomic E-state index is -0.151. The lowest BCUT2D eigenvalue weighted by Gasteiger charge is -2.16. The summed E-state index contributed by atoms with van der Waals surface area (Å²) in [6.07, 6.45) is 3.07. The quantitative estimate of drug-likeness (QED) is 0.848. The van der Waals surface area contributed by atoms with E-state index in [-0.39, 0.29) is 11.9 Å². The molecule has 0 saturated carbocycles. The number of hydrogen-bond acceptors (Lipinski definition) is 3. The zero-order chi connectivity index (χ0) is 14.4. The van der Waals surface area contributed by atoms with E-state index in [9.17, 15) is 4.79 Å². The molecule has 20 heavy (non-hydrogen) atoms. The number of nitrogens with two attached hydrogens (primary N) is 1. The third-order valence-corrected chi connectivity index (χ3v) is 3.36. The first-order valence-electron chi connectivity index (χ1n) is 7.11. The molecule has 3 N–H and O–H groups in total. The van der Waals surface area contributed by atoms with Gasteiger partial charge in [0.2, 0.25) is 0 Å². The van der Waals surface area contributed by atoms with Crippen LogP contribution in [-0.2, 0) is 0 Å². The number of fused-ring (bicyclic) bond motifs is 1. The van der Waals surface area contributed by atoms with Gasteiger partial charge in [-0.25, -0.2) is 4.98 Å². The first-order valence-corrected chi connectivity index (χ1v) is 7.11. The molecule has 1 atom stereocenters. The molecule has 1 unspecified atom stereocenters. The van der Waals surface area contributed by atoms with Crippen LogP contribution in [0.15, 0.2) is 36.4 Å². The Bertz CT molecular complexity index is 583. The van der Waals surface area contributed by atoms with Gasteiger partial charge in [0.1, 0.15) is 5.69 Å². The predicted octanol–water partition coefficient (Wildman–Crippen LogP) is 2.48. The molecular formula is C16H21N3O. The first-order chi connectivity index (χ1) is 9.74. The number of carbonyl (C=O) groups is 1. The lowest BCUT2D eigenvalue weighted by atomic mass is 10.1. The standard InChI is InChI=1S/C16H21N3O/c1-2-3-7-13(11-17)18-16(20)15-10-9-12-6-4-5-8-14(12)19-15/h4-6,8-10,13H,2-3,7,11,17H2,1H3,(H,18,20). The fourth-order valence-corrected chi connectivity index (χ4v) is 2.15. The van der Waals surface area contributed by atoms with E-state index in [1.807, 2.05) is 30.3 Å². The third kappa shape index (κ3) is 3.54. The Morgan fingerprint density at radius 3 is 2.85 bits per heavy atom. The van der Waals surface area contributed by atoms with Gasteiger partial charge >= 0.3 is 0 Å². The third-order valence-electron chi connectivity index (χ3n) is 3.36. The van der Waals surface area contributed by atoms with Gasteiger partial charge in [-0.15, -0.1) is 0 Å². The van der Waals surface area contributed by atoms with E-state index < -0.39 is 0 Å². The van der Waals surface area contributed by atoms with E-state index in [1.54, 1.807) is 6.07 Å². The minimum Gasteiger partial charge on any atom is -0.347 e. The van der Waals surface area contributed by atoms with Crippen LogP contribution in [0.2, 0.25) is 0 Å². The number of unbranched alkanes of at least 4 members (excludes halogenated alkanes) is 1. The van der Waals surface area contributed by atoms with E-state index in [4.69, 9.17) is 5.73 Å². The number of rotatable bonds is 6. The Balaban J connectivity index is 2.10. The highest BCUT2D eigenvalue weighted by atomic mass is 16.1. The van der Waals surface area contributed by atoms with Crippen molar-refractivity contribution in [2.45, 2.75) is 32.2 Å². The molecule has 0 spiro atoms. The maximum absolute atomic E-state index is 12.2. The van der Waals surface area contributed by atoms with Crippen molar-refractivity contribution in [2.24, 2.45) is 5.73 Å². The zero-order valence-corrected chi connectivity index (χ0v) is 11.8. The van der Waals surface area contributed by atoms with Gasteiger partial charge in [0.15, 0.2) is 0 Å². The number of hydrogen-bond donors (Lipinski definition) is 2. The van der Waals surface area contributed by atoms with E-state index in [0.29, 0.717) is 12.2 Å². The number of nitrogens with zero attached hydrogens (tertiary/aromatic N) is 1. The second kappa shape index (κ2) is 7.01. The summed E-state index contributed by atoms with van der Waals surface area (Å²) in [5, 5.41) is 3.99. The SMILES string of the molecule is CCCCC(CN)NC(=O)c1ccc2ccccc2n1. The molecule has 2 aromatic rings. The van der Waals surface area contributed by atoms with Crippen LogP contribution in [-0.4, -0.2) is 23.5 Å². The molecule has 106 valence electrons. The molecule has 0 radical (unpaired) electrons. The van der Waals surface area contributed by atoms with Crippen molar-refractivity contribution in [3.63, 3.8) is 0 Å². The molecule has 4 nitrogen and oxygen atoms in total. The van der Waals surface area contributed by atoms with Crippen molar-refractivity contribution in [3.05, 3.63) is 42.1 Å². The Kier molecular flexibility index (Phi) is 5.07. The van der Waals surface area contributed by atoms with Gasteiger partial charge in [0.25, 0.3) is 5.91 Å². The van der Waals surface area contributed by atoms with Gasteiger partial charge in [0, 0.05) is 18.0 Å². The number of aromatic nitrogens is 1. The number of nitrogens with one attached hydrogen (secondary N) is 1. The molecule has 0 aliphatic carbocycles. The van der Waals surface area contributed by atoms with Gasteiger partial charge in [-0.3, -0.25) is 4.79 Å². The van der Waals surface area contributed by atoms with Gasteiger partial charge in [-0.1, -0.05) is 44.0 Å². The molecule has 0 bridgehead atoms. The predicted molar refractivity (Wildman–Crippen MR) is 81.6 cm³/mol. The van der Waals surface area contributed by atoms with E-state index in [2.05, 4.69) is 17.2 Å². The Morgan fingerprint density at radius 1 is 1.30 bits per heavy atom. The molecule has 2 rings (SSSR count). The largest absolute Gasteiger partial charge is 0.347 e. The van der Waals surface area contributed by atoms with Crippen molar-refractivity contribution in [2.75, 3.05) is 6.54 Å². The van der Waals surface area contributed by atoms with Crippen LogP contribution in [0.5, 0.6) is 0 Å². The van der Waals surface area contributed by atoms with Crippen molar-refractivity contribution in [1.82, 2.24) is 10.3 Å². The summed E-state index contributed by atoms with van der Waals surface area (Å²) in [5.74, 6) is -0.151. The maximum Gasteiger partial charge on any atom is 0.270 e. The lowest BCUT2D eigenvalue weighted by molar-refractivity contribution is 0.0931. The zero-order valence-electron chi connectivity index (χ0n) is 11.8. The summed E-state index contributed by atoms with van der Waals surface area (Å²) in [7, 11) is 0. The summed E-state index contributed by atoms with van der Waals surface area (Å²) in [4.78, 5) is 16.6. The van der Waals surface area contributed by atoms with Crippen LogP contribution in [0, 0.1) is 0 Å². The summed E-state index contributed by atoms with van der Waals surface area (Å²) in [6.45, 7) is 2.58. The monoisotopic (exact) mass is 271 g/mol. The van der Waals surface area contributed by atoms with Crippen LogP contribution in [0.25, 0.3) is 10.9 Å². The molecule has 1 heterocycles. The molecule has 1 aromatic heterocycles. The second-order valence-corrected chi connectivity index (χ2v) is 4.94. The first kappa shape index (κ1) is 14.5. The van der Waals surface area contributed by atoms with Crippen LogP contribution in [0.3, 0.4) is 0 Å². The fourth-order valence-electron chi connectivity index (χ4n) is 2.15. The average Bonchev–Trinajstić information content (AvgIpc) is 2.50. The average molecular weight is 271 g/mol. The van der Waals surface area contributed by atoms with Gasteiger partial charge < -0.3 is 11.1 Å². The highest BCUT2D eigenvalue weighted by Gasteiger charge is 2.13. The van der Waals surface area contributed by atoms with Crippen LogP contribution in [0.4, 0.5) is 0 Å². The Morgan fingerprint density at radius 2 is 2.10 bits per heavy atom. The molecule has 1 amide bonds. The van der Waals surface area contributed by atoms with Gasteiger partial charge in [-0.2, -0.15) is 0 Å².